The van der Waals surface area contributed by atoms with Crippen LogP contribution in [0.25, 0.3) is 0 Å². The molecule has 0 aliphatic carbocycles. The highest BCUT2D eigenvalue weighted by molar-refractivity contribution is 7.91. The molecule has 0 radical (unpaired) electrons. The Morgan fingerprint density at radius 2 is 2.22 bits per heavy atom. The summed E-state index contributed by atoms with van der Waals surface area (Å²) in [7, 11) is -3.01. The largest absolute Gasteiger partial charge is 0.466 e. The van der Waals surface area contributed by atoms with E-state index in [2.05, 4.69) is 20.9 Å². The Morgan fingerprint density at radius 3 is 2.81 bits per heavy atom. The molecule has 0 saturated carbocycles. The predicted octanol–water partition coefficient (Wildman–Crippen LogP) is -0.264. The van der Waals surface area contributed by atoms with Crippen LogP contribution in [-0.2, 0) is 20.2 Å². The third-order valence-electron chi connectivity index (χ3n) is 4.18. The lowest BCUT2D eigenvalue weighted by Gasteiger charge is -2.19. The molecule has 10 heteroatoms. The Morgan fingerprint density at radius 1 is 1.44 bits per heavy atom. The van der Waals surface area contributed by atoms with Crippen LogP contribution in [0.3, 0.4) is 0 Å². The number of guanidine groups is 1. The fourth-order valence-corrected chi connectivity index (χ4v) is 4.41. The normalized spacial score (nSPS) is 21.4. The molecule has 1 aliphatic rings. The lowest BCUT2D eigenvalue weighted by molar-refractivity contribution is -0.121. The minimum absolute atomic E-state index is 0.0120. The summed E-state index contributed by atoms with van der Waals surface area (Å²) in [5.41, 5.74) is -1.24. The molecular formula is C17H28N4O5S. The zero-order valence-electron chi connectivity index (χ0n) is 15.7. The molecule has 0 aromatic carbocycles. The third-order valence-corrected chi connectivity index (χ3v) is 5.95. The molecule has 1 fully saturated rings. The summed E-state index contributed by atoms with van der Waals surface area (Å²) in [5, 5.41) is 19.3. The summed E-state index contributed by atoms with van der Waals surface area (Å²) in [5.74, 6) is 0.831. The van der Waals surface area contributed by atoms with Crippen molar-refractivity contribution in [3.8, 4) is 0 Å². The lowest BCUT2D eigenvalue weighted by Crippen LogP contribution is -2.41. The van der Waals surface area contributed by atoms with Gasteiger partial charge in [0, 0.05) is 25.6 Å². The van der Waals surface area contributed by atoms with Crippen LogP contribution in [0.1, 0.15) is 32.4 Å². The zero-order valence-corrected chi connectivity index (χ0v) is 16.5. The van der Waals surface area contributed by atoms with Gasteiger partial charge < -0.3 is 25.5 Å². The lowest BCUT2D eigenvalue weighted by atomic mass is 10.0. The summed E-state index contributed by atoms with van der Waals surface area (Å²) < 4.78 is 28.1. The Labute approximate surface area is 159 Å². The molecule has 27 heavy (non-hydrogen) atoms. The van der Waals surface area contributed by atoms with E-state index in [1.165, 1.54) is 6.26 Å². The molecule has 152 valence electrons. The van der Waals surface area contributed by atoms with Crippen LogP contribution in [0, 0.1) is 0 Å². The van der Waals surface area contributed by atoms with E-state index in [-0.39, 0.29) is 36.4 Å². The first kappa shape index (κ1) is 21.2. The van der Waals surface area contributed by atoms with Crippen LogP contribution >= 0.6 is 0 Å². The van der Waals surface area contributed by atoms with Gasteiger partial charge in [-0.1, -0.05) is 0 Å². The smallest absolute Gasteiger partial charge is 0.222 e. The first-order chi connectivity index (χ1) is 12.7. The second-order valence-electron chi connectivity index (χ2n) is 6.79. The number of nitrogens with one attached hydrogen (secondary N) is 3. The van der Waals surface area contributed by atoms with Gasteiger partial charge in [-0.3, -0.25) is 4.79 Å². The predicted molar refractivity (Wildman–Crippen MR) is 102 cm³/mol. The average Bonchev–Trinajstić information content (AvgIpc) is 3.23. The van der Waals surface area contributed by atoms with E-state index in [1.54, 1.807) is 19.1 Å². The van der Waals surface area contributed by atoms with Gasteiger partial charge in [0.25, 0.3) is 0 Å². The number of rotatable bonds is 8. The number of furan rings is 1. The van der Waals surface area contributed by atoms with Gasteiger partial charge in [0.15, 0.2) is 15.8 Å². The van der Waals surface area contributed by atoms with Crippen LogP contribution in [0.15, 0.2) is 27.8 Å². The number of aliphatic hydroxyl groups is 1. The first-order valence-corrected chi connectivity index (χ1v) is 10.8. The molecule has 1 aromatic heterocycles. The van der Waals surface area contributed by atoms with Crippen molar-refractivity contribution in [2.75, 3.05) is 31.1 Å². The van der Waals surface area contributed by atoms with Crippen LogP contribution in [-0.4, -0.2) is 62.6 Å². The SMILES string of the molecule is CCNC(=NCC(C)(O)c1ccco1)NCCC(=O)NC1CCS(=O)(=O)C1. The number of amides is 1. The van der Waals surface area contributed by atoms with Crippen LogP contribution < -0.4 is 16.0 Å². The number of hydrogen-bond acceptors (Lipinski definition) is 6. The van der Waals surface area contributed by atoms with E-state index in [4.69, 9.17) is 4.42 Å². The molecule has 2 heterocycles. The van der Waals surface area contributed by atoms with Crippen LogP contribution in [0.4, 0.5) is 0 Å². The molecule has 1 amide bonds. The quantitative estimate of drug-likeness (QED) is 0.349. The zero-order chi connectivity index (χ0) is 19.9. The number of aliphatic imine (C=N–C) groups is 1. The van der Waals surface area contributed by atoms with E-state index in [0.29, 0.717) is 31.2 Å². The average molecular weight is 401 g/mol. The number of hydrogen-bond donors (Lipinski definition) is 4. The van der Waals surface area contributed by atoms with E-state index in [9.17, 15) is 18.3 Å². The third kappa shape index (κ3) is 6.87. The molecule has 2 atom stereocenters. The summed E-state index contributed by atoms with van der Waals surface area (Å²) in [4.78, 5) is 16.3. The molecule has 1 aromatic rings. The molecule has 0 bridgehead atoms. The summed E-state index contributed by atoms with van der Waals surface area (Å²) in [6.45, 7) is 4.57. The van der Waals surface area contributed by atoms with Crippen molar-refractivity contribution in [1.29, 1.82) is 0 Å². The van der Waals surface area contributed by atoms with E-state index in [1.807, 2.05) is 6.92 Å². The molecule has 2 rings (SSSR count). The first-order valence-electron chi connectivity index (χ1n) is 9.00. The highest BCUT2D eigenvalue weighted by atomic mass is 32.2. The maximum absolute atomic E-state index is 12.0. The highest BCUT2D eigenvalue weighted by Crippen LogP contribution is 2.21. The Hall–Kier alpha value is -2.07. The fourth-order valence-electron chi connectivity index (χ4n) is 2.74. The number of nitrogens with zero attached hydrogens (tertiary/aromatic N) is 1. The van der Waals surface area contributed by atoms with Gasteiger partial charge in [0.2, 0.25) is 5.91 Å². The van der Waals surface area contributed by atoms with E-state index >= 15 is 0 Å². The van der Waals surface area contributed by atoms with Crippen LogP contribution in [0.5, 0.6) is 0 Å². The number of sulfone groups is 1. The van der Waals surface area contributed by atoms with Crippen molar-refractivity contribution >= 4 is 21.7 Å². The highest BCUT2D eigenvalue weighted by Gasteiger charge is 2.29. The Balaban J connectivity index is 1.79. The summed E-state index contributed by atoms with van der Waals surface area (Å²) in [6.07, 6.45) is 2.15. The molecule has 0 spiro atoms. The summed E-state index contributed by atoms with van der Waals surface area (Å²) >= 11 is 0. The number of carbonyl (C=O) groups excluding carboxylic acids is 1. The van der Waals surface area contributed by atoms with Crippen LogP contribution in [0.2, 0.25) is 0 Å². The standard InChI is InChI=1S/C17H28N4O5S/c1-3-18-16(20-12-17(2,23)14-5-4-9-26-14)19-8-6-15(22)21-13-7-10-27(24,25)11-13/h4-5,9,13,23H,3,6-8,10-12H2,1-2H3,(H,21,22)(H2,18,19,20). The van der Waals surface area contributed by atoms with Gasteiger partial charge in [-0.2, -0.15) is 0 Å². The minimum atomic E-state index is -3.01. The minimum Gasteiger partial charge on any atom is -0.466 e. The maximum atomic E-state index is 12.0. The topological polar surface area (TPSA) is 133 Å². The number of carbonyl (C=O) groups is 1. The van der Waals surface area contributed by atoms with Crippen molar-refractivity contribution in [2.24, 2.45) is 4.99 Å². The second kappa shape index (κ2) is 9.23. The van der Waals surface area contributed by atoms with Crippen molar-refractivity contribution in [1.82, 2.24) is 16.0 Å². The van der Waals surface area contributed by atoms with Gasteiger partial charge in [-0.05, 0) is 32.4 Å². The monoisotopic (exact) mass is 400 g/mol. The van der Waals surface area contributed by atoms with Crippen molar-refractivity contribution in [3.05, 3.63) is 24.2 Å². The Bertz CT molecular complexity index is 743. The molecular weight excluding hydrogens is 372 g/mol. The fraction of sp³-hybridized carbons (Fsp3) is 0.647. The van der Waals surface area contributed by atoms with Crippen molar-refractivity contribution < 1.29 is 22.7 Å². The molecule has 4 N–H and O–H groups in total. The second-order valence-corrected chi connectivity index (χ2v) is 9.02. The van der Waals surface area contributed by atoms with E-state index < -0.39 is 15.4 Å². The van der Waals surface area contributed by atoms with E-state index in [0.717, 1.165) is 0 Å². The Kier molecular flexibility index (Phi) is 7.25. The van der Waals surface area contributed by atoms with Gasteiger partial charge in [0.05, 0.1) is 24.3 Å². The maximum Gasteiger partial charge on any atom is 0.222 e. The molecule has 1 saturated heterocycles. The molecule has 9 nitrogen and oxygen atoms in total. The molecule has 1 aliphatic heterocycles. The van der Waals surface area contributed by atoms with Crippen molar-refractivity contribution in [3.63, 3.8) is 0 Å². The van der Waals surface area contributed by atoms with Gasteiger partial charge in [-0.25, -0.2) is 13.4 Å². The van der Waals surface area contributed by atoms with Gasteiger partial charge in [0.1, 0.15) is 11.4 Å². The van der Waals surface area contributed by atoms with Gasteiger partial charge in [-0.15, -0.1) is 0 Å². The summed E-state index contributed by atoms with van der Waals surface area (Å²) in [6, 6.07) is 3.09. The van der Waals surface area contributed by atoms with Gasteiger partial charge >= 0.3 is 0 Å². The molecule has 2 unspecified atom stereocenters. The van der Waals surface area contributed by atoms with Crippen molar-refractivity contribution in [2.45, 2.75) is 38.3 Å².